The molecule has 0 bridgehead atoms. The topological polar surface area (TPSA) is 55.6 Å². The lowest BCUT2D eigenvalue weighted by Crippen LogP contribution is -2.14. The maximum absolute atomic E-state index is 13.7. The average molecular weight is 532 g/mol. The van der Waals surface area contributed by atoms with Crippen LogP contribution in [0.4, 0.5) is 10.3 Å². The Morgan fingerprint density at radius 1 is 0.800 bits per heavy atom. The molecule has 6 rings (SSSR count). The predicted octanol–water partition coefficient (Wildman–Crippen LogP) is 8.29. The molecule has 0 saturated heterocycles. The van der Waals surface area contributed by atoms with E-state index in [1.807, 2.05) is 18.6 Å². The molecule has 5 nitrogen and oxygen atoms in total. The molecule has 2 heterocycles. The van der Waals surface area contributed by atoms with Crippen molar-refractivity contribution in [3.63, 3.8) is 0 Å². The molecule has 0 radical (unpaired) electrons. The van der Waals surface area contributed by atoms with Gasteiger partial charge in [-0.05, 0) is 60.7 Å². The lowest BCUT2D eigenvalue weighted by molar-refractivity contribution is 0.355. The quantitative estimate of drug-likeness (QED) is 0.208. The number of anilines is 1. The fraction of sp³-hybridized carbons (Fsp3) is 0.265. The minimum Gasteiger partial charge on any atom is -0.354 e. The monoisotopic (exact) mass is 531 g/mol. The lowest BCUT2D eigenvalue weighted by Gasteiger charge is -2.25. The summed E-state index contributed by atoms with van der Waals surface area (Å²) in [6.07, 6.45) is 10.6. The van der Waals surface area contributed by atoms with Crippen LogP contribution in [0.1, 0.15) is 61.6 Å². The number of aromatic nitrogens is 4. The van der Waals surface area contributed by atoms with Gasteiger partial charge >= 0.3 is 0 Å². The first-order valence-electron chi connectivity index (χ1n) is 14.3. The summed E-state index contributed by atoms with van der Waals surface area (Å²) < 4.78 is 16.0. The largest absolute Gasteiger partial charge is 0.354 e. The van der Waals surface area contributed by atoms with Crippen molar-refractivity contribution in [2.75, 3.05) is 11.9 Å². The lowest BCUT2D eigenvalue weighted by atomic mass is 9.88. The molecule has 0 unspecified atom stereocenters. The van der Waals surface area contributed by atoms with Crippen LogP contribution in [-0.4, -0.2) is 26.1 Å². The Hall–Kier alpha value is -4.32. The van der Waals surface area contributed by atoms with Gasteiger partial charge in [-0.2, -0.15) is 0 Å². The summed E-state index contributed by atoms with van der Waals surface area (Å²) in [5.41, 5.74) is 6.09. The number of halogens is 1. The standard InChI is InChI=1S/C34H34FN5/c35-28-18-16-27(17-19-28)32-33(40(24-38-32)29-14-8-3-9-15-29)31-21-23-37-34(39-31)36-22-20-30(25-10-4-1-5-11-25)26-12-6-2-7-13-26/h1-2,4-7,10-13,16-19,21,23-24,29-30H,3,8-9,14-15,20,22H2,(H,36,37,39). The van der Waals surface area contributed by atoms with Crippen LogP contribution in [0, 0.1) is 5.82 Å². The van der Waals surface area contributed by atoms with Crippen molar-refractivity contribution in [3.8, 4) is 22.6 Å². The molecular weight excluding hydrogens is 497 g/mol. The first kappa shape index (κ1) is 25.9. The number of rotatable bonds is 9. The molecule has 1 aliphatic carbocycles. The maximum atomic E-state index is 13.7. The fourth-order valence-electron chi connectivity index (χ4n) is 5.87. The Kier molecular flexibility index (Phi) is 7.94. The minimum atomic E-state index is -0.255. The Bertz CT molecular complexity index is 1470. The molecule has 1 N–H and O–H groups in total. The normalized spacial score (nSPS) is 13.9. The molecule has 0 atom stereocenters. The summed E-state index contributed by atoms with van der Waals surface area (Å²) in [5.74, 6) is 0.615. The van der Waals surface area contributed by atoms with E-state index in [0.29, 0.717) is 12.0 Å². The van der Waals surface area contributed by atoms with Gasteiger partial charge in [0.2, 0.25) is 5.95 Å². The van der Waals surface area contributed by atoms with Gasteiger partial charge in [-0.3, -0.25) is 0 Å². The maximum Gasteiger partial charge on any atom is 0.223 e. The number of nitrogens with zero attached hydrogens (tertiary/aromatic N) is 4. The van der Waals surface area contributed by atoms with Crippen molar-refractivity contribution in [3.05, 3.63) is 120 Å². The van der Waals surface area contributed by atoms with E-state index in [1.54, 1.807) is 12.1 Å². The Balaban J connectivity index is 1.27. The van der Waals surface area contributed by atoms with Gasteiger partial charge in [0.05, 0.1) is 23.4 Å². The first-order valence-corrected chi connectivity index (χ1v) is 14.3. The van der Waals surface area contributed by atoms with Crippen molar-refractivity contribution < 1.29 is 4.39 Å². The van der Waals surface area contributed by atoms with Gasteiger partial charge in [-0.1, -0.05) is 79.9 Å². The molecule has 1 fully saturated rings. The molecule has 1 saturated carbocycles. The summed E-state index contributed by atoms with van der Waals surface area (Å²) in [6, 6.07) is 30.2. The van der Waals surface area contributed by atoms with E-state index in [1.165, 1.54) is 42.5 Å². The number of hydrogen-bond donors (Lipinski definition) is 1. The van der Waals surface area contributed by atoms with Crippen molar-refractivity contribution in [2.24, 2.45) is 0 Å². The number of imidazole rings is 1. The molecule has 0 amide bonds. The van der Waals surface area contributed by atoms with Crippen molar-refractivity contribution in [1.29, 1.82) is 0 Å². The van der Waals surface area contributed by atoms with Gasteiger partial charge in [0.15, 0.2) is 0 Å². The van der Waals surface area contributed by atoms with Crippen molar-refractivity contribution in [1.82, 2.24) is 19.5 Å². The third-order valence-electron chi connectivity index (χ3n) is 7.90. The average Bonchev–Trinajstić information content (AvgIpc) is 3.47. The molecule has 2 aromatic heterocycles. The number of nitrogens with one attached hydrogen (secondary N) is 1. The van der Waals surface area contributed by atoms with Gasteiger partial charge in [0.25, 0.3) is 0 Å². The molecular formula is C34H34FN5. The van der Waals surface area contributed by atoms with Crippen LogP contribution in [0.15, 0.2) is 104 Å². The van der Waals surface area contributed by atoms with Gasteiger partial charge in [-0.15, -0.1) is 0 Å². The van der Waals surface area contributed by atoms with Crippen molar-refractivity contribution in [2.45, 2.75) is 50.5 Å². The molecule has 202 valence electrons. The zero-order chi connectivity index (χ0) is 27.1. The first-order chi connectivity index (χ1) is 19.8. The van der Waals surface area contributed by atoms with Crippen LogP contribution in [0.5, 0.6) is 0 Å². The van der Waals surface area contributed by atoms with Crippen LogP contribution < -0.4 is 5.32 Å². The Morgan fingerprint density at radius 3 is 2.15 bits per heavy atom. The zero-order valence-electron chi connectivity index (χ0n) is 22.6. The van der Waals surface area contributed by atoms with Gasteiger partial charge < -0.3 is 9.88 Å². The van der Waals surface area contributed by atoms with E-state index in [0.717, 1.165) is 48.5 Å². The van der Waals surface area contributed by atoms with Gasteiger partial charge in [0, 0.05) is 30.3 Å². The SMILES string of the molecule is Fc1ccc(-c2ncn(C3CCCCC3)c2-c2ccnc(NCCC(c3ccccc3)c3ccccc3)n2)cc1. The van der Waals surface area contributed by atoms with Gasteiger partial charge in [-0.25, -0.2) is 19.3 Å². The van der Waals surface area contributed by atoms with E-state index in [4.69, 9.17) is 9.97 Å². The molecule has 3 aromatic carbocycles. The fourth-order valence-corrected chi connectivity index (χ4v) is 5.87. The van der Waals surface area contributed by atoms with E-state index in [2.05, 4.69) is 75.5 Å². The van der Waals surface area contributed by atoms with E-state index < -0.39 is 0 Å². The summed E-state index contributed by atoms with van der Waals surface area (Å²) in [5, 5.41) is 3.48. The smallest absolute Gasteiger partial charge is 0.223 e. The second-order valence-electron chi connectivity index (χ2n) is 10.5. The van der Waals surface area contributed by atoms with Crippen LogP contribution >= 0.6 is 0 Å². The summed E-state index contributed by atoms with van der Waals surface area (Å²) in [7, 11) is 0. The van der Waals surface area contributed by atoms with E-state index in [9.17, 15) is 4.39 Å². The second-order valence-corrected chi connectivity index (χ2v) is 10.5. The molecule has 5 aromatic rings. The third-order valence-corrected chi connectivity index (χ3v) is 7.90. The Morgan fingerprint density at radius 2 is 1.48 bits per heavy atom. The predicted molar refractivity (Wildman–Crippen MR) is 159 cm³/mol. The summed E-state index contributed by atoms with van der Waals surface area (Å²) in [6.45, 7) is 0.727. The third kappa shape index (κ3) is 5.81. The molecule has 6 heteroatoms. The second kappa shape index (κ2) is 12.2. The van der Waals surface area contributed by atoms with E-state index in [-0.39, 0.29) is 11.7 Å². The number of hydrogen-bond acceptors (Lipinski definition) is 4. The summed E-state index contributed by atoms with van der Waals surface area (Å²) >= 11 is 0. The number of benzene rings is 3. The van der Waals surface area contributed by atoms with Crippen LogP contribution in [0.2, 0.25) is 0 Å². The highest BCUT2D eigenvalue weighted by atomic mass is 19.1. The Labute approximate surface area is 235 Å². The highest BCUT2D eigenvalue weighted by molar-refractivity contribution is 5.77. The van der Waals surface area contributed by atoms with Crippen LogP contribution in [-0.2, 0) is 0 Å². The molecule has 1 aliphatic rings. The van der Waals surface area contributed by atoms with Gasteiger partial charge in [0.1, 0.15) is 5.82 Å². The highest BCUT2D eigenvalue weighted by Gasteiger charge is 2.23. The molecule has 0 aliphatic heterocycles. The minimum absolute atomic E-state index is 0.255. The van der Waals surface area contributed by atoms with Crippen LogP contribution in [0.3, 0.4) is 0 Å². The zero-order valence-corrected chi connectivity index (χ0v) is 22.6. The van der Waals surface area contributed by atoms with Crippen molar-refractivity contribution >= 4 is 5.95 Å². The van der Waals surface area contributed by atoms with Crippen LogP contribution in [0.25, 0.3) is 22.6 Å². The molecule has 40 heavy (non-hydrogen) atoms. The highest BCUT2D eigenvalue weighted by Crippen LogP contribution is 2.37. The summed E-state index contributed by atoms with van der Waals surface area (Å²) in [4.78, 5) is 14.3. The molecule has 0 spiro atoms. The van der Waals surface area contributed by atoms with E-state index >= 15 is 0 Å².